The Labute approximate surface area is 287 Å². The predicted octanol–water partition coefficient (Wildman–Crippen LogP) is 6.19. The summed E-state index contributed by atoms with van der Waals surface area (Å²) in [5.74, 6) is -6.36. The summed E-state index contributed by atoms with van der Waals surface area (Å²) < 4.78 is 0. The van der Waals surface area contributed by atoms with Gasteiger partial charge in [0.2, 0.25) is 11.8 Å². The summed E-state index contributed by atoms with van der Waals surface area (Å²) >= 11 is 23.9. The number of halogens is 4. The maximum atomic E-state index is 14.2. The molecule has 12 heteroatoms. The molecule has 3 fully saturated rings. The van der Waals surface area contributed by atoms with Crippen LogP contribution in [0.15, 0.2) is 84.4 Å². The van der Waals surface area contributed by atoms with Crippen LogP contribution in [0, 0.1) is 17.8 Å². The quantitative estimate of drug-likeness (QED) is 0.110. The number of phenols is 1. The number of phenolic OH excluding ortho intramolecular Hbond substituents is 1. The van der Waals surface area contributed by atoms with E-state index in [0.717, 1.165) is 9.80 Å². The minimum Gasteiger partial charge on any atom is -0.508 e. The van der Waals surface area contributed by atoms with Crippen molar-refractivity contribution in [1.29, 1.82) is 0 Å². The first-order valence-electron chi connectivity index (χ1n) is 14.5. The molecule has 4 aliphatic rings. The predicted molar refractivity (Wildman–Crippen MR) is 175 cm³/mol. The van der Waals surface area contributed by atoms with Gasteiger partial charge in [-0.2, -0.15) is 0 Å². The number of carbonyl (C=O) groups is 5. The molecule has 0 unspecified atom stereocenters. The Hall–Kier alpha value is -3.50. The Balaban J connectivity index is 1.29. The van der Waals surface area contributed by atoms with Crippen LogP contribution in [-0.4, -0.2) is 54.6 Å². The zero-order valence-electron chi connectivity index (χ0n) is 23.8. The Morgan fingerprint density at radius 1 is 0.891 bits per heavy atom. The van der Waals surface area contributed by atoms with Crippen molar-refractivity contribution in [3.05, 3.63) is 106 Å². The topological polar surface area (TPSA) is 112 Å². The molecular formula is C34H24BrCl3N2O6. The third kappa shape index (κ3) is 4.21. The van der Waals surface area contributed by atoms with E-state index in [-0.39, 0.29) is 40.4 Å². The Bertz CT molecular complexity index is 1890. The highest BCUT2D eigenvalue weighted by Crippen LogP contribution is 2.66. The minimum absolute atomic E-state index is 0.159. The number of ketones is 1. The van der Waals surface area contributed by atoms with Crippen molar-refractivity contribution in [2.75, 3.05) is 10.4 Å². The van der Waals surface area contributed by atoms with Crippen LogP contribution in [0.4, 0.5) is 5.69 Å². The van der Waals surface area contributed by atoms with Crippen LogP contribution < -0.4 is 4.90 Å². The number of carbonyl (C=O) groups excluding carboxylic acids is 5. The molecule has 2 aliphatic heterocycles. The van der Waals surface area contributed by atoms with Gasteiger partial charge in [-0.3, -0.25) is 33.8 Å². The van der Waals surface area contributed by atoms with Crippen molar-refractivity contribution >= 4 is 85.8 Å². The zero-order chi connectivity index (χ0) is 32.7. The summed E-state index contributed by atoms with van der Waals surface area (Å²) in [5.41, 5.74) is 1.78. The zero-order valence-corrected chi connectivity index (χ0v) is 27.7. The molecule has 0 radical (unpaired) electrons. The van der Waals surface area contributed by atoms with Gasteiger partial charge >= 0.3 is 0 Å². The number of amides is 4. The van der Waals surface area contributed by atoms with Crippen molar-refractivity contribution in [3.63, 3.8) is 0 Å². The molecule has 1 saturated carbocycles. The average molecular weight is 743 g/mol. The number of hydrogen-bond acceptors (Lipinski definition) is 6. The van der Waals surface area contributed by atoms with E-state index in [2.05, 4.69) is 15.9 Å². The second kappa shape index (κ2) is 11.0. The SMILES string of the molecule is O=C(c1ccccc1)c1ccc(N2C(=O)[C@H]3[C@H](CC=C4[C@H]3C[C@@]3(Cl)C(=O)N(CBr)C(=O)[C@@]3(Cl)[C@H]4c3cc(Cl)ccc3O)C2=O)cc1. The molecule has 3 aromatic rings. The first kappa shape index (κ1) is 31.1. The van der Waals surface area contributed by atoms with Crippen LogP contribution in [0.25, 0.3) is 0 Å². The van der Waals surface area contributed by atoms with E-state index in [4.69, 9.17) is 34.8 Å². The molecule has 6 atom stereocenters. The summed E-state index contributed by atoms with van der Waals surface area (Å²) in [6, 6.07) is 19.3. The lowest BCUT2D eigenvalue weighted by atomic mass is 9.56. The van der Waals surface area contributed by atoms with Crippen LogP contribution in [0.3, 0.4) is 0 Å². The maximum absolute atomic E-state index is 14.2. The summed E-state index contributed by atoms with van der Waals surface area (Å²) in [4.78, 5) is 66.7. The third-order valence-electron chi connectivity index (χ3n) is 9.74. The molecule has 2 aliphatic carbocycles. The van der Waals surface area contributed by atoms with Crippen LogP contribution in [0.2, 0.25) is 5.02 Å². The van der Waals surface area contributed by atoms with E-state index in [0.29, 0.717) is 22.4 Å². The van der Waals surface area contributed by atoms with E-state index in [1.165, 1.54) is 18.2 Å². The van der Waals surface area contributed by atoms with Gasteiger partial charge in [0, 0.05) is 27.6 Å². The van der Waals surface area contributed by atoms with Crippen molar-refractivity contribution in [2.24, 2.45) is 17.8 Å². The van der Waals surface area contributed by atoms with Gasteiger partial charge in [-0.05, 0) is 61.2 Å². The smallest absolute Gasteiger partial charge is 0.254 e. The minimum atomic E-state index is -2.05. The molecule has 2 heterocycles. The summed E-state index contributed by atoms with van der Waals surface area (Å²) in [6.07, 6.45) is 1.75. The fourth-order valence-electron chi connectivity index (χ4n) is 7.63. The monoisotopic (exact) mass is 740 g/mol. The summed E-state index contributed by atoms with van der Waals surface area (Å²) in [6.45, 7) is 0. The Morgan fingerprint density at radius 2 is 1.57 bits per heavy atom. The fourth-order valence-corrected chi connectivity index (χ4v) is 9.23. The summed E-state index contributed by atoms with van der Waals surface area (Å²) in [5, 5.41) is 11.3. The first-order chi connectivity index (χ1) is 21.9. The lowest BCUT2D eigenvalue weighted by molar-refractivity contribution is -0.138. The Kier molecular flexibility index (Phi) is 7.47. The third-order valence-corrected chi connectivity index (χ3v) is 11.9. The van der Waals surface area contributed by atoms with Gasteiger partial charge in [0.25, 0.3) is 11.8 Å². The standard InChI is InChI=1S/C34H24BrCl3N2O6/c35-16-39-31(45)33(37)15-24-21(27(34(33,38)32(39)46)23-14-19(36)8-13-25(23)41)11-12-22-26(24)30(44)40(29(22)43)20-9-6-18(7-10-20)28(42)17-4-2-1-3-5-17/h1-11,13-14,22,24,26-27,41H,12,15-16H2/t22-,24+,26-,27+,33+,34-/m0/s1. The van der Waals surface area contributed by atoms with Gasteiger partial charge < -0.3 is 5.11 Å². The lowest BCUT2D eigenvalue weighted by Gasteiger charge is -2.50. The highest BCUT2D eigenvalue weighted by Gasteiger charge is 2.76. The number of allylic oxidation sites excluding steroid dienone is 2. The average Bonchev–Trinajstić information content (AvgIpc) is 3.40. The number of anilines is 1. The molecule has 0 bridgehead atoms. The maximum Gasteiger partial charge on any atom is 0.254 e. The first-order valence-corrected chi connectivity index (χ1v) is 16.8. The number of hydrogen-bond donors (Lipinski definition) is 1. The van der Waals surface area contributed by atoms with Gasteiger partial charge in [0.1, 0.15) is 5.75 Å². The highest BCUT2D eigenvalue weighted by molar-refractivity contribution is 9.09. The molecule has 0 spiro atoms. The second-order valence-electron chi connectivity index (χ2n) is 11.9. The number of alkyl halides is 3. The molecule has 0 aromatic heterocycles. The van der Waals surface area contributed by atoms with Crippen molar-refractivity contribution in [1.82, 2.24) is 4.90 Å². The van der Waals surface area contributed by atoms with Crippen molar-refractivity contribution in [2.45, 2.75) is 28.5 Å². The van der Waals surface area contributed by atoms with Gasteiger partial charge in [0.15, 0.2) is 15.5 Å². The molecular weight excluding hydrogens is 719 g/mol. The molecule has 2 saturated heterocycles. The molecule has 7 rings (SSSR count). The van der Waals surface area contributed by atoms with E-state index in [9.17, 15) is 29.1 Å². The van der Waals surface area contributed by atoms with Crippen LogP contribution in [0.1, 0.15) is 40.2 Å². The second-order valence-corrected chi connectivity index (χ2v) is 14.1. The number of fused-ring (bicyclic) bond motifs is 4. The van der Waals surface area contributed by atoms with Crippen LogP contribution >= 0.6 is 50.7 Å². The number of nitrogens with zero attached hydrogens (tertiary/aromatic N) is 2. The molecule has 46 heavy (non-hydrogen) atoms. The van der Waals surface area contributed by atoms with Crippen molar-refractivity contribution in [3.8, 4) is 5.75 Å². The number of rotatable bonds is 5. The number of imide groups is 2. The molecule has 3 aromatic carbocycles. The molecule has 4 amide bonds. The van der Waals surface area contributed by atoms with Crippen LogP contribution in [0.5, 0.6) is 5.75 Å². The molecule has 8 nitrogen and oxygen atoms in total. The molecule has 234 valence electrons. The number of likely N-dealkylation sites (tertiary alicyclic amines) is 1. The lowest BCUT2D eigenvalue weighted by Crippen LogP contribution is -2.60. The van der Waals surface area contributed by atoms with E-state index in [1.54, 1.807) is 54.6 Å². The fraction of sp³-hybridized carbons (Fsp3) is 0.265. The molecule has 1 N–H and O–H groups in total. The van der Waals surface area contributed by atoms with Crippen LogP contribution in [-0.2, 0) is 19.2 Å². The van der Waals surface area contributed by atoms with Gasteiger partial charge in [-0.1, -0.05) is 69.5 Å². The van der Waals surface area contributed by atoms with E-state index in [1.807, 2.05) is 6.07 Å². The normalized spacial score (nSPS) is 30.2. The number of benzene rings is 3. The van der Waals surface area contributed by atoms with Crippen molar-refractivity contribution < 1.29 is 29.1 Å². The van der Waals surface area contributed by atoms with Gasteiger partial charge in [0.05, 0.1) is 23.0 Å². The van der Waals surface area contributed by atoms with E-state index < -0.39 is 57.0 Å². The van der Waals surface area contributed by atoms with Gasteiger partial charge in [-0.15, -0.1) is 23.2 Å². The summed E-state index contributed by atoms with van der Waals surface area (Å²) in [7, 11) is 0. The van der Waals surface area contributed by atoms with E-state index >= 15 is 0 Å². The largest absolute Gasteiger partial charge is 0.508 e. The number of aromatic hydroxyl groups is 1. The highest BCUT2D eigenvalue weighted by atomic mass is 79.9. The Morgan fingerprint density at radius 3 is 2.24 bits per heavy atom. The van der Waals surface area contributed by atoms with Gasteiger partial charge in [-0.25, -0.2) is 0 Å².